The van der Waals surface area contributed by atoms with Crippen molar-refractivity contribution in [1.29, 1.82) is 0 Å². The lowest BCUT2D eigenvalue weighted by Gasteiger charge is -2.11. The molecule has 0 spiro atoms. The third-order valence-corrected chi connectivity index (χ3v) is 3.57. The maximum Gasteiger partial charge on any atom is 0.402 e. The standard InChI is InChI=1S/C10H10F3NO5S/c1-19-8-3-2-6(4-7(8)9(15)16)20(17,18)14-5-10(11,12)13/h2-4,14H,5H2,1H3,(H,15,16). The summed E-state index contributed by atoms with van der Waals surface area (Å²) in [6.45, 7) is -1.75. The Kier molecular flexibility index (Phi) is 4.61. The number of benzene rings is 1. The van der Waals surface area contributed by atoms with Crippen molar-refractivity contribution in [2.75, 3.05) is 13.7 Å². The minimum absolute atomic E-state index is 0.104. The monoisotopic (exact) mass is 313 g/mol. The van der Waals surface area contributed by atoms with Crippen molar-refractivity contribution in [1.82, 2.24) is 4.72 Å². The molecule has 0 unspecified atom stereocenters. The van der Waals surface area contributed by atoms with E-state index in [2.05, 4.69) is 0 Å². The van der Waals surface area contributed by atoms with Crippen molar-refractivity contribution in [2.45, 2.75) is 11.1 Å². The first-order valence-electron chi connectivity index (χ1n) is 5.04. The molecule has 0 radical (unpaired) electrons. The second kappa shape index (κ2) is 5.67. The van der Waals surface area contributed by atoms with E-state index in [1.54, 1.807) is 0 Å². The van der Waals surface area contributed by atoms with Crippen molar-refractivity contribution >= 4 is 16.0 Å². The zero-order valence-corrected chi connectivity index (χ0v) is 10.9. The Hall–Kier alpha value is -1.81. The molecule has 0 aromatic heterocycles. The highest BCUT2D eigenvalue weighted by Gasteiger charge is 2.30. The fraction of sp³-hybridized carbons (Fsp3) is 0.300. The number of methoxy groups -OCH3 is 1. The van der Waals surface area contributed by atoms with E-state index < -0.39 is 39.2 Å². The number of rotatable bonds is 5. The van der Waals surface area contributed by atoms with Crippen LogP contribution in [0.25, 0.3) is 0 Å². The van der Waals surface area contributed by atoms with Gasteiger partial charge in [-0.05, 0) is 18.2 Å². The predicted octanol–water partition coefficient (Wildman–Crippen LogP) is 1.23. The fourth-order valence-corrected chi connectivity index (χ4v) is 2.32. The van der Waals surface area contributed by atoms with Crippen molar-refractivity contribution in [2.24, 2.45) is 0 Å². The zero-order valence-electron chi connectivity index (χ0n) is 10.1. The van der Waals surface area contributed by atoms with Gasteiger partial charge in [0.25, 0.3) is 0 Å². The van der Waals surface area contributed by atoms with E-state index in [4.69, 9.17) is 9.84 Å². The number of nitrogens with one attached hydrogen (secondary N) is 1. The number of hydrogen-bond donors (Lipinski definition) is 2. The molecule has 1 aromatic carbocycles. The van der Waals surface area contributed by atoms with Crippen LogP contribution in [0.5, 0.6) is 5.75 Å². The largest absolute Gasteiger partial charge is 0.496 e. The van der Waals surface area contributed by atoms with E-state index >= 15 is 0 Å². The molecule has 112 valence electrons. The van der Waals surface area contributed by atoms with Gasteiger partial charge in [0.15, 0.2) is 0 Å². The number of halogens is 3. The summed E-state index contributed by atoms with van der Waals surface area (Å²) in [5.74, 6) is -1.57. The Labute approximate surface area is 112 Å². The first kappa shape index (κ1) is 16.2. The Morgan fingerprint density at radius 3 is 2.45 bits per heavy atom. The summed E-state index contributed by atoms with van der Waals surface area (Å²) in [5.41, 5.74) is -0.470. The second-order valence-corrected chi connectivity index (χ2v) is 5.37. The number of carboxylic acids is 1. The smallest absolute Gasteiger partial charge is 0.402 e. The molecular weight excluding hydrogens is 303 g/mol. The molecule has 0 aliphatic rings. The number of ether oxygens (including phenoxy) is 1. The van der Waals surface area contributed by atoms with Crippen LogP contribution < -0.4 is 9.46 Å². The average Bonchev–Trinajstić information content (AvgIpc) is 2.35. The van der Waals surface area contributed by atoms with Gasteiger partial charge >= 0.3 is 12.1 Å². The third-order valence-electron chi connectivity index (χ3n) is 2.17. The van der Waals surface area contributed by atoms with E-state index in [-0.39, 0.29) is 5.75 Å². The number of aromatic carboxylic acids is 1. The molecule has 0 bridgehead atoms. The number of alkyl halides is 3. The molecule has 0 atom stereocenters. The molecule has 1 rings (SSSR count). The van der Waals surface area contributed by atoms with Crippen molar-refractivity contribution in [3.63, 3.8) is 0 Å². The molecular formula is C10H10F3NO5S. The zero-order chi connectivity index (χ0) is 15.6. The fourth-order valence-electron chi connectivity index (χ4n) is 1.28. The van der Waals surface area contributed by atoms with Gasteiger partial charge in [-0.1, -0.05) is 0 Å². The van der Waals surface area contributed by atoms with Crippen LogP contribution >= 0.6 is 0 Å². The Morgan fingerprint density at radius 1 is 1.40 bits per heavy atom. The van der Waals surface area contributed by atoms with Crippen LogP contribution in [0.2, 0.25) is 0 Å². The normalized spacial score (nSPS) is 12.2. The average molecular weight is 313 g/mol. The molecule has 0 saturated carbocycles. The molecule has 0 saturated heterocycles. The lowest BCUT2D eigenvalue weighted by atomic mass is 10.2. The van der Waals surface area contributed by atoms with E-state index in [9.17, 15) is 26.4 Å². The summed E-state index contributed by atoms with van der Waals surface area (Å²) in [4.78, 5) is 10.3. The van der Waals surface area contributed by atoms with Gasteiger partial charge in [0.2, 0.25) is 10.0 Å². The van der Waals surface area contributed by atoms with Crippen LogP contribution in [-0.4, -0.2) is 39.3 Å². The van der Waals surface area contributed by atoms with Crippen LogP contribution in [0.15, 0.2) is 23.1 Å². The van der Waals surface area contributed by atoms with Crippen molar-refractivity contribution < 1.29 is 36.2 Å². The number of sulfonamides is 1. The third kappa shape index (κ3) is 4.10. The van der Waals surface area contributed by atoms with Gasteiger partial charge in [0, 0.05) is 0 Å². The number of hydrogen-bond acceptors (Lipinski definition) is 4. The molecule has 0 heterocycles. The Morgan fingerprint density at radius 2 is 2.00 bits per heavy atom. The van der Waals surface area contributed by atoms with Gasteiger partial charge < -0.3 is 9.84 Å². The van der Waals surface area contributed by atoms with Gasteiger partial charge in [-0.15, -0.1) is 0 Å². The summed E-state index contributed by atoms with van der Waals surface area (Å²) >= 11 is 0. The van der Waals surface area contributed by atoms with Crippen LogP contribution in [0, 0.1) is 0 Å². The van der Waals surface area contributed by atoms with Gasteiger partial charge in [0.05, 0.1) is 12.0 Å². The quantitative estimate of drug-likeness (QED) is 0.853. The van der Waals surface area contributed by atoms with Crippen LogP contribution in [-0.2, 0) is 10.0 Å². The molecule has 20 heavy (non-hydrogen) atoms. The molecule has 10 heteroatoms. The summed E-state index contributed by atoms with van der Waals surface area (Å²) in [6, 6.07) is 2.72. The van der Waals surface area contributed by atoms with E-state index in [0.29, 0.717) is 0 Å². The number of carboxylic acid groups (broad SMARTS) is 1. The Balaban J connectivity index is 3.13. The van der Waals surface area contributed by atoms with Crippen molar-refractivity contribution in [3.05, 3.63) is 23.8 Å². The van der Waals surface area contributed by atoms with Crippen LogP contribution in [0.1, 0.15) is 10.4 Å². The Bertz CT molecular complexity index is 612. The minimum Gasteiger partial charge on any atom is -0.496 e. The summed E-state index contributed by atoms with van der Waals surface area (Å²) in [7, 11) is -3.28. The first-order chi connectivity index (χ1) is 9.07. The minimum atomic E-state index is -4.71. The second-order valence-electron chi connectivity index (χ2n) is 3.61. The molecule has 0 aliphatic carbocycles. The van der Waals surface area contributed by atoms with Crippen LogP contribution in [0.4, 0.5) is 13.2 Å². The number of carbonyl (C=O) groups is 1. The lowest BCUT2D eigenvalue weighted by molar-refractivity contribution is -0.121. The first-order valence-corrected chi connectivity index (χ1v) is 6.53. The molecule has 0 amide bonds. The van der Waals surface area contributed by atoms with Gasteiger partial charge in [-0.3, -0.25) is 0 Å². The summed E-state index contributed by atoms with van der Waals surface area (Å²) < 4.78 is 65.2. The van der Waals surface area contributed by atoms with E-state index in [1.165, 1.54) is 11.8 Å². The molecule has 0 fully saturated rings. The SMILES string of the molecule is COc1ccc(S(=O)(=O)NCC(F)(F)F)cc1C(=O)O. The maximum absolute atomic E-state index is 12.0. The molecule has 2 N–H and O–H groups in total. The molecule has 0 aliphatic heterocycles. The summed E-state index contributed by atoms with van der Waals surface area (Å²) in [6.07, 6.45) is -4.71. The highest BCUT2D eigenvalue weighted by atomic mass is 32.2. The van der Waals surface area contributed by atoms with Crippen molar-refractivity contribution in [3.8, 4) is 5.75 Å². The molecule has 1 aromatic rings. The highest BCUT2D eigenvalue weighted by molar-refractivity contribution is 7.89. The summed E-state index contributed by atoms with van der Waals surface area (Å²) in [5, 5.41) is 8.87. The predicted molar refractivity (Wildman–Crippen MR) is 61.2 cm³/mol. The van der Waals surface area contributed by atoms with Gasteiger partial charge in [-0.2, -0.15) is 13.2 Å². The lowest BCUT2D eigenvalue weighted by Crippen LogP contribution is -2.33. The van der Waals surface area contributed by atoms with Gasteiger partial charge in [0.1, 0.15) is 17.9 Å². The highest BCUT2D eigenvalue weighted by Crippen LogP contribution is 2.23. The van der Waals surface area contributed by atoms with E-state index in [1.807, 2.05) is 0 Å². The molecule has 6 nitrogen and oxygen atoms in total. The van der Waals surface area contributed by atoms with Crippen LogP contribution in [0.3, 0.4) is 0 Å². The maximum atomic E-state index is 12.0. The van der Waals surface area contributed by atoms with Gasteiger partial charge in [-0.25, -0.2) is 17.9 Å². The topological polar surface area (TPSA) is 92.7 Å². The van der Waals surface area contributed by atoms with E-state index in [0.717, 1.165) is 18.2 Å².